The predicted octanol–water partition coefficient (Wildman–Crippen LogP) is 3.76. The molecule has 1 aliphatic carbocycles. The summed E-state index contributed by atoms with van der Waals surface area (Å²) in [6.45, 7) is 4.21. The van der Waals surface area contributed by atoms with Gasteiger partial charge in [-0.2, -0.15) is 0 Å². The first-order valence-corrected chi connectivity index (χ1v) is 9.05. The minimum absolute atomic E-state index is 0.00441. The van der Waals surface area contributed by atoms with Crippen LogP contribution in [0.15, 0.2) is 29.2 Å². The Morgan fingerprint density at radius 1 is 1.22 bits per heavy atom. The number of hydrogen-bond acceptors (Lipinski definition) is 2. The number of hydrogen-bond donors (Lipinski definition) is 0. The van der Waals surface area contributed by atoms with Crippen molar-refractivity contribution in [2.75, 3.05) is 11.1 Å². The zero-order chi connectivity index (χ0) is 13.4. The van der Waals surface area contributed by atoms with E-state index in [1.54, 1.807) is 12.1 Å². The summed E-state index contributed by atoms with van der Waals surface area (Å²) in [7, 11) is -3.14. The van der Waals surface area contributed by atoms with Crippen molar-refractivity contribution in [1.82, 2.24) is 0 Å². The van der Waals surface area contributed by atoms with Crippen LogP contribution in [0, 0.1) is 5.41 Å². The first kappa shape index (κ1) is 14.1. The Kier molecular flexibility index (Phi) is 3.88. The van der Waals surface area contributed by atoms with E-state index in [9.17, 15) is 8.42 Å². The third kappa shape index (κ3) is 2.97. The number of alkyl halides is 1. The molecule has 0 aromatic heterocycles. The summed E-state index contributed by atoms with van der Waals surface area (Å²) >= 11 is 3.42. The van der Waals surface area contributed by atoms with Gasteiger partial charge in [-0.3, -0.25) is 0 Å². The van der Waals surface area contributed by atoms with E-state index in [1.165, 1.54) is 5.56 Å². The lowest BCUT2D eigenvalue weighted by Gasteiger charge is -2.13. The van der Waals surface area contributed by atoms with E-state index >= 15 is 0 Å². The second-order valence-electron chi connectivity index (χ2n) is 5.62. The molecule has 1 aromatic rings. The average molecular weight is 331 g/mol. The second kappa shape index (κ2) is 4.97. The van der Waals surface area contributed by atoms with E-state index in [0.717, 1.165) is 18.2 Å². The fraction of sp³-hybridized carbons (Fsp3) is 0.571. The molecule has 1 saturated carbocycles. The Balaban J connectivity index is 2.20. The SMILES string of the molecule is CC(C)c1ccc(S(=O)(=O)CC2(CBr)CC2)cc1. The van der Waals surface area contributed by atoms with E-state index in [4.69, 9.17) is 0 Å². The molecule has 0 bridgehead atoms. The van der Waals surface area contributed by atoms with Gasteiger partial charge in [-0.1, -0.05) is 41.9 Å². The summed E-state index contributed by atoms with van der Waals surface area (Å²) in [5.74, 6) is 0.700. The standard InChI is InChI=1S/C14H19BrO2S/c1-11(2)12-3-5-13(6-4-12)18(16,17)10-14(9-15)7-8-14/h3-6,11H,7-10H2,1-2H3. The van der Waals surface area contributed by atoms with Crippen LogP contribution in [0.4, 0.5) is 0 Å². The molecule has 0 N–H and O–H groups in total. The van der Waals surface area contributed by atoms with Crippen molar-refractivity contribution in [1.29, 1.82) is 0 Å². The van der Waals surface area contributed by atoms with Gasteiger partial charge in [0.05, 0.1) is 10.6 Å². The Morgan fingerprint density at radius 2 is 1.78 bits per heavy atom. The summed E-state index contributed by atoms with van der Waals surface area (Å²) in [6, 6.07) is 7.33. The highest BCUT2D eigenvalue weighted by Gasteiger charge is 2.45. The molecule has 0 amide bonds. The molecule has 0 aliphatic heterocycles. The third-order valence-corrected chi connectivity index (χ3v) is 6.81. The van der Waals surface area contributed by atoms with E-state index in [2.05, 4.69) is 29.8 Å². The third-order valence-electron chi connectivity index (χ3n) is 3.64. The lowest BCUT2D eigenvalue weighted by Crippen LogP contribution is -2.18. The maximum atomic E-state index is 12.3. The summed E-state index contributed by atoms with van der Waals surface area (Å²) < 4.78 is 24.6. The maximum absolute atomic E-state index is 12.3. The van der Waals surface area contributed by atoms with Crippen LogP contribution < -0.4 is 0 Å². The highest BCUT2D eigenvalue weighted by atomic mass is 79.9. The topological polar surface area (TPSA) is 34.1 Å². The highest BCUT2D eigenvalue weighted by molar-refractivity contribution is 9.09. The van der Waals surface area contributed by atoms with Gasteiger partial charge in [-0.05, 0) is 41.9 Å². The van der Waals surface area contributed by atoms with Gasteiger partial charge in [0.1, 0.15) is 0 Å². The Bertz CT molecular complexity index is 513. The van der Waals surface area contributed by atoms with Crippen LogP contribution in [-0.4, -0.2) is 19.5 Å². The van der Waals surface area contributed by atoms with Crippen molar-refractivity contribution in [3.8, 4) is 0 Å². The second-order valence-corrected chi connectivity index (χ2v) is 8.17. The van der Waals surface area contributed by atoms with Gasteiger partial charge < -0.3 is 0 Å². The minimum Gasteiger partial charge on any atom is -0.224 e. The molecule has 2 nitrogen and oxygen atoms in total. The summed E-state index contributed by atoms with van der Waals surface area (Å²) in [4.78, 5) is 0.458. The monoisotopic (exact) mass is 330 g/mol. The number of sulfone groups is 1. The molecule has 0 radical (unpaired) electrons. The quantitative estimate of drug-likeness (QED) is 0.770. The van der Waals surface area contributed by atoms with Crippen LogP contribution in [0.3, 0.4) is 0 Å². The Hall–Kier alpha value is -0.350. The molecular formula is C14H19BrO2S. The van der Waals surface area contributed by atoms with Crippen molar-refractivity contribution in [2.45, 2.75) is 37.5 Å². The van der Waals surface area contributed by atoms with Gasteiger partial charge in [0.2, 0.25) is 0 Å². The van der Waals surface area contributed by atoms with Gasteiger partial charge in [0.15, 0.2) is 9.84 Å². The van der Waals surface area contributed by atoms with E-state index in [-0.39, 0.29) is 11.2 Å². The van der Waals surface area contributed by atoms with Crippen molar-refractivity contribution in [3.05, 3.63) is 29.8 Å². The Morgan fingerprint density at radius 3 is 2.17 bits per heavy atom. The van der Waals surface area contributed by atoms with E-state index < -0.39 is 9.84 Å². The van der Waals surface area contributed by atoms with Crippen molar-refractivity contribution in [3.63, 3.8) is 0 Å². The summed E-state index contributed by atoms with van der Waals surface area (Å²) in [6.07, 6.45) is 2.03. The van der Waals surface area contributed by atoms with Crippen LogP contribution in [0.1, 0.15) is 38.2 Å². The normalized spacial score (nSPS) is 18.0. The maximum Gasteiger partial charge on any atom is 0.178 e. The van der Waals surface area contributed by atoms with Crippen molar-refractivity contribution in [2.24, 2.45) is 5.41 Å². The lowest BCUT2D eigenvalue weighted by atomic mass is 10.0. The smallest absolute Gasteiger partial charge is 0.178 e. The van der Waals surface area contributed by atoms with E-state index in [0.29, 0.717) is 10.8 Å². The largest absolute Gasteiger partial charge is 0.224 e. The molecule has 0 atom stereocenters. The number of halogens is 1. The molecule has 0 unspecified atom stereocenters. The molecule has 1 aliphatic rings. The van der Waals surface area contributed by atoms with Gasteiger partial charge >= 0.3 is 0 Å². The molecule has 0 saturated heterocycles. The first-order chi connectivity index (χ1) is 8.38. The molecule has 18 heavy (non-hydrogen) atoms. The van der Waals surface area contributed by atoms with Crippen LogP contribution in [0.5, 0.6) is 0 Å². The lowest BCUT2D eigenvalue weighted by molar-refractivity contribution is 0.572. The average Bonchev–Trinajstić information content (AvgIpc) is 3.09. The van der Waals surface area contributed by atoms with Gasteiger partial charge in [-0.15, -0.1) is 0 Å². The van der Waals surface area contributed by atoms with Crippen LogP contribution in [0.2, 0.25) is 0 Å². The zero-order valence-electron chi connectivity index (χ0n) is 10.8. The highest BCUT2D eigenvalue weighted by Crippen LogP contribution is 2.48. The molecule has 1 fully saturated rings. The minimum atomic E-state index is -3.14. The number of rotatable bonds is 5. The number of benzene rings is 1. The van der Waals surface area contributed by atoms with Crippen LogP contribution >= 0.6 is 15.9 Å². The first-order valence-electron chi connectivity index (χ1n) is 6.27. The fourth-order valence-corrected chi connectivity index (χ4v) is 4.98. The predicted molar refractivity (Wildman–Crippen MR) is 78.0 cm³/mol. The molecule has 4 heteroatoms. The van der Waals surface area contributed by atoms with Crippen molar-refractivity contribution < 1.29 is 8.42 Å². The van der Waals surface area contributed by atoms with Gasteiger partial charge in [0.25, 0.3) is 0 Å². The summed E-state index contributed by atoms with van der Waals surface area (Å²) in [5.41, 5.74) is 1.17. The molecular weight excluding hydrogens is 312 g/mol. The van der Waals surface area contributed by atoms with E-state index in [1.807, 2.05) is 12.1 Å². The summed E-state index contributed by atoms with van der Waals surface area (Å²) in [5, 5.41) is 0.781. The van der Waals surface area contributed by atoms with Crippen LogP contribution in [-0.2, 0) is 9.84 Å². The fourth-order valence-electron chi connectivity index (χ4n) is 2.04. The molecule has 0 heterocycles. The van der Waals surface area contributed by atoms with Crippen LogP contribution in [0.25, 0.3) is 0 Å². The zero-order valence-corrected chi connectivity index (χ0v) is 13.2. The van der Waals surface area contributed by atoms with Crippen molar-refractivity contribution >= 4 is 25.8 Å². The molecule has 100 valence electrons. The molecule has 2 rings (SSSR count). The molecule has 1 aromatic carbocycles. The molecule has 0 spiro atoms. The van der Waals surface area contributed by atoms with Gasteiger partial charge in [-0.25, -0.2) is 8.42 Å². The Labute approximate surface area is 118 Å². The van der Waals surface area contributed by atoms with Gasteiger partial charge in [0, 0.05) is 5.33 Å².